The molecule has 0 radical (unpaired) electrons. The van der Waals surface area contributed by atoms with Crippen LogP contribution in [0.4, 0.5) is 17.6 Å². The number of rotatable bonds is 0. The van der Waals surface area contributed by atoms with E-state index in [1.165, 1.54) is 84.7 Å². The van der Waals surface area contributed by atoms with Gasteiger partial charge in [-0.05, 0) is 137 Å². The summed E-state index contributed by atoms with van der Waals surface area (Å²) >= 11 is 0. The van der Waals surface area contributed by atoms with E-state index in [2.05, 4.69) is 102 Å². The molecule has 1 aliphatic rings. The molecular formula is C52H64F4. The summed E-state index contributed by atoms with van der Waals surface area (Å²) in [7, 11) is 0. The van der Waals surface area contributed by atoms with Crippen LogP contribution in [0.5, 0.6) is 0 Å². The van der Waals surface area contributed by atoms with Gasteiger partial charge in [-0.1, -0.05) is 159 Å². The molecule has 0 spiro atoms. The standard InChI is InChI=1S/C12H12.C8H8F2.2C8H9F.C8H16.C8H10/c1-9-3-5-12-8-10(2)4-6-11(12)7-9;1-5-3-4-6(2)8(10)7(5)9;2*1-6-3-4-7(2)8(9)5-6;2*1-7-3-5-8(2)6-4-7/h3-8H,1-2H3;3-4H,1-2H3;2*3-5H,1-2H3;7-8H,3-6H2,1-2H3;3-6H,1-2H3. The molecule has 0 N–H and O–H groups in total. The molecule has 0 atom stereocenters. The van der Waals surface area contributed by atoms with Crippen molar-refractivity contribution >= 4 is 10.8 Å². The van der Waals surface area contributed by atoms with Gasteiger partial charge in [-0.3, -0.25) is 0 Å². The number of aryl methyl sites for hydroxylation is 10. The highest BCUT2D eigenvalue weighted by molar-refractivity contribution is 5.83. The van der Waals surface area contributed by atoms with Crippen molar-refractivity contribution in [2.45, 2.75) is 109 Å². The van der Waals surface area contributed by atoms with Crippen molar-refractivity contribution in [1.29, 1.82) is 0 Å². The van der Waals surface area contributed by atoms with Crippen LogP contribution in [-0.2, 0) is 0 Å². The summed E-state index contributed by atoms with van der Waals surface area (Å²) in [4.78, 5) is 0. The summed E-state index contributed by atoms with van der Waals surface area (Å²) < 4.78 is 50.4. The molecule has 0 nitrogen and oxygen atoms in total. The Bertz CT molecular complexity index is 1920. The maximum Gasteiger partial charge on any atom is 0.161 e. The molecular weight excluding hydrogens is 701 g/mol. The average Bonchev–Trinajstić information content (AvgIpc) is 3.16. The lowest BCUT2D eigenvalue weighted by Crippen LogP contribution is -2.08. The van der Waals surface area contributed by atoms with Crippen LogP contribution in [-0.4, -0.2) is 0 Å². The molecule has 1 fully saturated rings. The molecule has 1 aliphatic carbocycles. The van der Waals surface area contributed by atoms with Crippen LogP contribution in [0.15, 0.2) is 109 Å². The minimum Gasteiger partial charge on any atom is -0.207 e. The van der Waals surface area contributed by atoms with E-state index in [1.54, 1.807) is 38.1 Å². The fourth-order valence-electron chi connectivity index (χ4n) is 5.69. The smallest absolute Gasteiger partial charge is 0.161 e. The third-order valence-electron chi connectivity index (χ3n) is 9.80. The van der Waals surface area contributed by atoms with E-state index in [0.717, 1.165) is 23.0 Å². The Kier molecular flexibility index (Phi) is 20.4. The van der Waals surface area contributed by atoms with Gasteiger partial charge in [0.05, 0.1) is 0 Å². The Morgan fingerprint density at radius 3 is 0.857 bits per heavy atom. The predicted molar refractivity (Wildman–Crippen MR) is 234 cm³/mol. The zero-order valence-corrected chi connectivity index (χ0v) is 35.9. The Balaban J connectivity index is 0.000000234. The van der Waals surface area contributed by atoms with Gasteiger partial charge < -0.3 is 0 Å². The normalized spacial score (nSPS) is 14.1. The fourth-order valence-corrected chi connectivity index (χ4v) is 5.69. The third kappa shape index (κ3) is 17.8. The van der Waals surface area contributed by atoms with Crippen LogP contribution < -0.4 is 0 Å². The Hall–Kier alpha value is -4.70. The molecule has 6 aromatic rings. The molecule has 300 valence electrons. The number of fused-ring (bicyclic) bond motifs is 1. The quantitative estimate of drug-likeness (QED) is 0.135. The third-order valence-corrected chi connectivity index (χ3v) is 9.80. The highest BCUT2D eigenvalue weighted by Crippen LogP contribution is 2.27. The molecule has 7 rings (SSSR count). The molecule has 56 heavy (non-hydrogen) atoms. The van der Waals surface area contributed by atoms with Crippen LogP contribution in [0.1, 0.15) is 95.2 Å². The molecule has 6 aromatic carbocycles. The molecule has 0 heterocycles. The number of halogens is 4. The Morgan fingerprint density at radius 2 is 0.571 bits per heavy atom. The monoisotopic (exact) mass is 764 g/mol. The lowest BCUT2D eigenvalue weighted by molar-refractivity contribution is 0.308. The lowest BCUT2D eigenvalue weighted by Gasteiger charge is -2.22. The van der Waals surface area contributed by atoms with Gasteiger partial charge in [0.1, 0.15) is 11.6 Å². The van der Waals surface area contributed by atoms with Crippen LogP contribution in [0.25, 0.3) is 10.8 Å². The van der Waals surface area contributed by atoms with Gasteiger partial charge in [-0.2, -0.15) is 0 Å². The van der Waals surface area contributed by atoms with E-state index in [4.69, 9.17) is 0 Å². The maximum atomic E-state index is 12.6. The first-order chi connectivity index (χ1) is 26.4. The van der Waals surface area contributed by atoms with E-state index < -0.39 is 11.6 Å². The van der Waals surface area contributed by atoms with E-state index in [0.29, 0.717) is 22.3 Å². The van der Waals surface area contributed by atoms with Gasteiger partial charge in [0.2, 0.25) is 0 Å². The molecule has 0 bridgehead atoms. The fraction of sp³-hybridized carbons (Fsp3) is 0.346. The topological polar surface area (TPSA) is 0 Å². The molecule has 1 saturated carbocycles. The summed E-state index contributed by atoms with van der Waals surface area (Å²) in [5.41, 5.74) is 9.37. The van der Waals surface area contributed by atoms with Crippen LogP contribution >= 0.6 is 0 Å². The first-order valence-corrected chi connectivity index (χ1v) is 19.7. The second kappa shape index (κ2) is 24.0. The Morgan fingerprint density at radius 1 is 0.321 bits per heavy atom. The second-order valence-electron chi connectivity index (χ2n) is 15.7. The van der Waals surface area contributed by atoms with Gasteiger partial charge in [-0.15, -0.1) is 0 Å². The molecule has 0 amide bonds. The van der Waals surface area contributed by atoms with Crippen molar-refractivity contribution in [1.82, 2.24) is 0 Å². The van der Waals surface area contributed by atoms with Gasteiger partial charge in [-0.25, -0.2) is 17.6 Å². The summed E-state index contributed by atoms with van der Waals surface area (Å²) in [6.07, 6.45) is 5.89. The number of hydrogen-bond acceptors (Lipinski definition) is 0. The van der Waals surface area contributed by atoms with E-state index in [9.17, 15) is 17.6 Å². The van der Waals surface area contributed by atoms with Gasteiger partial charge in [0.15, 0.2) is 11.6 Å². The van der Waals surface area contributed by atoms with Crippen molar-refractivity contribution < 1.29 is 17.6 Å². The first-order valence-electron chi connectivity index (χ1n) is 19.7. The van der Waals surface area contributed by atoms with E-state index in [1.807, 2.05) is 26.0 Å². The molecule has 4 heteroatoms. The molecule has 0 aromatic heterocycles. The molecule has 0 saturated heterocycles. The minimum atomic E-state index is -0.736. The summed E-state index contributed by atoms with van der Waals surface area (Å²) in [5, 5.41) is 2.67. The Labute approximate surface area is 336 Å². The predicted octanol–water partition coefficient (Wildman–Crippen LogP) is 16.1. The number of hydrogen-bond donors (Lipinski definition) is 0. The highest BCUT2D eigenvalue weighted by atomic mass is 19.2. The SMILES string of the molecule is CC1CCC(C)CC1.Cc1ccc(C)c(F)c1.Cc1ccc(C)c(F)c1.Cc1ccc(C)c(F)c1F.Cc1ccc(C)cc1.Cc1ccc2cc(C)ccc2c1. The van der Waals surface area contributed by atoms with Crippen molar-refractivity contribution in [3.63, 3.8) is 0 Å². The molecule has 0 unspecified atom stereocenters. The zero-order chi connectivity index (χ0) is 41.9. The summed E-state index contributed by atoms with van der Waals surface area (Å²) in [6.45, 7) is 23.5. The largest absolute Gasteiger partial charge is 0.207 e. The number of benzene rings is 6. The van der Waals surface area contributed by atoms with Crippen LogP contribution in [0, 0.1) is 104 Å². The van der Waals surface area contributed by atoms with Crippen molar-refractivity contribution in [2.24, 2.45) is 11.8 Å². The van der Waals surface area contributed by atoms with Crippen molar-refractivity contribution in [3.8, 4) is 0 Å². The van der Waals surface area contributed by atoms with E-state index in [-0.39, 0.29) is 11.6 Å². The van der Waals surface area contributed by atoms with Gasteiger partial charge >= 0.3 is 0 Å². The highest BCUT2D eigenvalue weighted by Gasteiger charge is 2.13. The summed E-state index contributed by atoms with van der Waals surface area (Å²) in [5.74, 6) is 0.336. The van der Waals surface area contributed by atoms with Gasteiger partial charge in [0, 0.05) is 0 Å². The minimum absolute atomic E-state index is 0.116. The molecule has 0 aliphatic heterocycles. The summed E-state index contributed by atoms with van der Waals surface area (Å²) in [6, 6.07) is 35.1. The first kappa shape index (κ1) is 47.5. The zero-order valence-electron chi connectivity index (χ0n) is 35.9. The van der Waals surface area contributed by atoms with E-state index >= 15 is 0 Å². The van der Waals surface area contributed by atoms with Crippen molar-refractivity contribution in [2.75, 3.05) is 0 Å². The average molecular weight is 765 g/mol. The van der Waals surface area contributed by atoms with Crippen LogP contribution in [0.3, 0.4) is 0 Å². The lowest BCUT2D eigenvalue weighted by atomic mass is 9.84. The second-order valence-corrected chi connectivity index (χ2v) is 15.7. The maximum absolute atomic E-state index is 12.6. The van der Waals surface area contributed by atoms with Crippen LogP contribution in [0.2, 0.25) is 0 Å². The van der Waals surface area contributed by atoms with Crippen molar-refractivity contribution in [3.05, 3.63) is 188 Å². The van der Waals surface area contributed by atoms with Gasteiger partial charge in [0.25, 0.3) is 0 Å².